The minimum Gasteiger partial charge on any atom is -0.507 e. The molecule has 0 bridgehead atoms. The number of nitrogens with zero attached hydrogens (tertiary/aromatic N) is 5. The molecule has 9 heteroatoms. The van der Waals surface area contributed by atoms with Gasteiger partial charge >= 0.3 is 0 Å². The quantitative estimate of drug-likeness (QED) is 0.628. The molecule has 9 nitrogen and oxygen atoms in total. The second-order valence-electron chi connectivity index (χ2n) is 6.45. The van der Waals surface area contributed by atoms with Gasteiger partial charge in [-0.2, -0.15) is 5.21 Å². The van der Waals surface area contributed by atoms with E-state index in [0.717, 1.165) is 0 Å². The summed E-state index contributed by atoms with van der Waals surface area (Å²) in [6, 6.07) is 3.11. The number of tetrazole rings is 1. The van der Waals surface area contributed by atoms with E-state index in [0.29, 0.717) is 39.5 Å². The van der Waals surface area contributed by atoms with Gasteiger partial charge in [-0.1, -0.05) is 11.8 Å². The fraction of sp³-hybridized carbons (Fsp3) is 0.222. The molecule has 2 N–H and O–H groups in total. The van der Waals surface area contributed by atoms with Gasteiger partial charge in [0.2, 0.25) is 5.78 Å². The van der Waals surface area contributed by atoms with E-state index in [1.54, 1.807) is 19.9 Å². The van der Waals surface area contributed by atoms with Gasteiger partial charge in [-0.25, -0.2) is 4.98 Å². The van der Waals surface area contributed by atoms with Crippen LogP contribution in [0.5, 0.6) is 0 Å². The highest BCUT2D eigenvalue weighted by Gasteiger charge is 2.31. The van der Waals surface area contributed by atoms with E-state index in [9.17, 15) is 14.7 Å². The van der Waals surface area contributed by atoms with Crippen molar-refractivity contribution in [1.29, 1.82) is 0 Å². The number of hydrogen-bond acceptors (Lipinski definition) is 7. The lowest BCUT2D eigenvalue weighted by molar-refractivity contribution is 0.102. The van der Waals surface area contributed by atoms with E-state index in [-0.39, 0.29) is 29.3 Å². The molecule has 0 saturated carbocycles. The maximum atomic E-state index is 13.2. The van der Waals surface area contributed by atoms with Crippen LogP contribution in [0.25, 0.3) is 12.3 Å². The summed E-state index contributed by atoms with van der Waals surface area (Å²) < 4.78 is 1.33. The molecular weight excluding hydrogens is 348 g/mol. The first-order valence-electron chi connectivity index (χ1n) is 8.30. The standard InChI is InChI=1S/C18H16N6O3/c1-8-6-10(3)19-15-13(8)17(26)14-9(2)7-12(25)24(16(14)18(15)27)5-4-11-20-22-23-21-11/h6-7,26H,3-5H2,1-2H3,(H,20,21,22,23). The summed E-state index contributed by atoms with van der Waals surface area (Å²) in [5.74, 6) is -0.0576. The van der Waals surface area contributed by atoms with Gasteiger partial charge in [0.25, 0.3) is 5.56 Å². The zero-order valence-corrected chi connectivity index (χ0v) is 14.8. The van der Waals surface area contributed by atoms with Crippen molar-refractivity contribution in [2.75, 3.05) is 0 Å². The average molecular weight is 364 g/mol. The molecule has 0 spiro atoms. The molecule has 0 saturated heterocycles. The maximum absolute atomic E-state index is 13.2. The number of aliphatic hydroxyl groups excluding tert-OH is 1. The molecule has 0 fully saturated rings. The second kappa shape index (κ2) is 5.97. The number of carbonyl (C=O) groups is 1. The number of aryl methyl sites for hydroxylation is 3. The van der Waals surface area contributed by atoms with Crippen LogP contribution in [-0.2, 0) is 13.0 Å². The molecule has 0 amide bonds. The normalized spacial score (nSPS) is 12.8. The Kier molecular flexibility index (Phi) is 3.72. The Bertz CT molecular complexity index is 1260. The highest BCUT2D eigenvalue weighted by atomic mass is 16.3. The van der Waals surface area contributed by atoms with E-state index in [2.05, 4.69) is 32.2 Å². The summed E-state index contributed by atoms with van der Waals surface area (Å²) in [6.45, 7) is 7.42. The second-order valence-corrected chi connectivity index (χ2v) is 6.45. The summed E-state index contributed by atoms with van der Waals surface area (Å²) in [5, 5.41) is 25.3. The first-order chi connectivity index (χ1) is 12.9. The zero-order chi connectivity index (χ0) is 19.3. The van der Waals surface area contributed by atoms with Crippen LogP contribution in [0.3, 0.4) is 0 Å². The summed E-state index contributed by atoms with van der Waals surface area (Å²) in [7, 11) is 0. The molecule has 0 unspecified atom stereocenters. The summed E-state index contributed by atoms with van der Waals surface area (Å²) >= 11 is 0. The van der Waals surface area contributed by atoms with Crippen LogP contribution in [-0.4, -0.2) is 41.1 Å². The number of ketones is 1. The molecule has 136 valence electrons. The van der Waals surface area contributed by atoms with Crippen molar-refractivity contribution < 1.29 is 9.90 Å². The van der Waals surface area contributed by atoms with E-state index in [1.165, 1.54) is 10.6 Å². The SMILES string of the molecule is C=c1cc(C)c2c(n1)C(=O)c1c(c(C)cc(=O)n1CCc1nn[nH]n1)C=2O. The van der Waals surface area contributed by atoms with Crippen LogP contribution in [0.1, 0.15) is 38.7 Å². The fourth-order valence-electron chi connectivity index (χ4n) is 3.47. The third-order valence-electron chi connectivity index (χ3n) is 4.63. The van der Waals surface area contributed by atoms with Crippen LogP contribution < -0.4 is 16.1 Å². The van der Waals surface area contributed by atoms with Gasteiger partial charge in [-0.3, -0.25) is 9.59 Å². The Hall–Kier alpha value is -3.62. The minimum atomic E-state index is -0.416. The smallest absolute Gasteiger partial charge is 0.251 e. The Morgan fingerprint density at radius 2 is 2.00 bits per heavy atom. The van der Waals surface area contributed by atoms with Gasteiger partial charge in [0.05, 0.1) is 5.35 Å². The van der Waals surface area contributed by atoms with Gasteiger partial charge in [0.1, 0.15) is 17.1 Å². The van der Waals surface area contributed by atoms with Crippen molar-refractivity contribution in [1.82, 2.24) is 30.2 Å². The van der Waals surface area contributed by atoms with E-state index in [1.807, 2.05) is 0 Å². The predicted octanol–water partition coefficient (Wildman–Crippen LogP) is -0.715. The topological polar surface area (TPSA) is 127 Å². The highest BCUT2D eigenvalue weighted by Crippen LogP contribution is 2.24. The predicted molar refractivity (Wildman–Crippen MR) is 95.6 cm³/mol. The van der Waals surface area contributed by atoms with Gasteiger partial charge in [-0.15, -0.1) is 10.2 Å². The Morgan fingerprint density at radius 3 is 2.70 bits per heavy atom. The Balaban J connectivity index is 2.00. The maximum Gasteiger partial charge on any atom is 0.251 e. The largest absolute Gasteiger partial charge is 0.507 e. The first kappa shape index (κ1) is 16.8. The minimum absolute atomic E-state index is 0.0598. The fourth-order valence-corrected chi connectivity index (χ4v) is 3.47. The van der Waals surface area contributed by atoms with Gasteiger partial charge < -0.3 is 9.67 Å². The van der Waals surface area contributed by atoms with Crippen LogP contribution in [0, 0.1) is 13.8 Å². The Morgan fingerprint density at radius 1 is 1.22 bits per heavy atom. The van der Waals surface area contributed by atoms with E-state index >= 15 is 0 Å². The summed E-state index contributed by atoms with van der Waals surface area (Å²) in [5.41, 5.74) is 1.45. The third-order valence-corrected chi connectivity index (χ3v) is 4.63. The van der Waals surface area contributed by atoms with Gasteiger partial charge in [-0.05, 0) is 31.0 Å². The summed E-state index contributed by atoms with van der Waals surface area (Å²) in [4.78, 5) is 30.0. The van der Waals surface area contributed by atoms with Crippen molar-refractivity contribution >= 4 is 18.1 Å². The molecular formula is C18H16N6O3. The number of fused-ring (bicyclic) bond motifs is 2. The number of carbonyl (C=O) groups excluding carboxylic acids is 1. The van der Waals surface area contributed by atoms with Crippen LogP contribution in [0.4, 0.5) is 0 Å². The van der Waals surface area contributed by atoms with Crippen LogP contribution in [0.15, 0.2) is 16.9 Å². The van der Waals surface area contributed by atoms with E-state index in [4.69, 9.17) is 0 Å². The molecule has 1 aliphatic carbocycles. The van der Waals surface area contributed by atoms with Crippen molar-refractivity contribution in [2.45, 2.75) is 26.8 Å². The number of pyridine rings is 2. The molecule has 3 aromatic heterocycles. The number of rotatable bonds is 3. The molecule has 3 aromatic rings. The lowest BCUT2D eigenvalue weighted by Gasteiger charge is -2.22. The molecule has 27 heavy (non-hydrogen) atoms. The van der Waals surface area contributed by atoms with Crippen molar-refractivity contribution in [3.63, 3.8) is 0 Å². The lowest BCUT2D eigenvalue weighted by Crippen LogP contribution is -2.38. The lowest BCUT2D eigenvalue weighted by atomic mass is 9.91. The van der Waals surface area contributed by atoms with Crippen molar-refractivity contribution in [2.24, 2.45) is 0 Å². The van der Waals surface area contributed by atoms with Crippen LogP contribution in [0.2, 0.25) is 0 Å². The van der Waals surface area contributed by atoms with Gasteiger partial charge in [0.15, 0.2) is 5.82 Å². The monoisotopic (exact) mass is 364 g/mol. The molecule has 3 heterocycles. The number of nitrogens with one attached hydrogen (secondary N) is 1. The number of H-pyrrole nitrogens is 1. The first-order valence-corrected chi connectivity index (χ1v) is 8.30. The van der Waals surface area contributed by atoms with E-state index < -0.39 is 5.78 Å². The van der Waals surface area contributed by atoms with Crippen molar-refractivity contribution in [3.8, 4) is 0 Å². The molecule has 0 aromatic carbocycles. The van der Waals surface area contributed by atoms with Crippen molar-refractivity contribution in [3.05, 3.63) is 67.0 Å². The zero-order valence-electron chi connectivity index (χ0n) is 14.8. The number of aromatic amines is 1. The molecule has 4 rings (SSSR count). The third kappa shape index (κ3) is 2.55. The Labute approximate surface area is 152 Å². The number of aromatic nitrogens is 6. The number of aliphatic hydroxyl groups is 1. The molecule has 0 radical (unpaired) electrons. The molecule has 0 aliphatic heterocycles. The van der Waals surface area contributed by atoms with Gasteiger partial charge in [0, 0.05) is 29.8 Å². The highest BCUT2D eigenvalue weighted by molar-refractivity contribution is 6.12. The molecule has 1 aliphatic rings. The number of hydrogen-bond donors (Lipinski definition) is 2. The summed E-state index contributed by atoms with van der Waals surface area (Å²) in [6.07, 6.45) is 0.300. The average Bonchev–Trinajstić information content (AvgIpc) is 3.11. The van der Waals surface area contributed by atoms with Crippen LogP contribution >= 0.6 is 0 Å². The molecule has 0 atom stereocenters.